The Morgan fingerprint density at radius 3 is 2.22 bits per heavy atom. The molecule has 0 radical (unpaired) electrons. The zero-order valence-corrected chi connectivity index (χ0v) is 13.7. The van der Waals surface area contributed by atoms with Crippen molar-refractivity contribution in [2.24, 2.45) is 0 Å². The van der Waals surface area contributed by atoms with E-state index in [1.807, 2.05) is 0 Å². The molecule has 1 unspecified atom stereocenters. The predicted octanol–water partition coefficient (Wildman–Crippen LogP) is 5.85. The zero-order chi connectivity index (χ0) is 13.6. The maximum atomic E-state index is 2.46. The lowest BCUT2D eigenvalue weighted by Gasteiger charge is -2.22. The Morgan fingerprint density at radius 2 is 1.78 bits per heavy atom. The van der Waals surface area contributed by atoms with Crippen LogP contribution in [0, 0.1) is 0 Å². The van der Waals surface area contributed by atoms with Crippen molar-refractivity contribution in [1.82, 2.24) is 0 Å². The molecule has 100 valence electrons. The first-order chi connectivity index (χ1) is 8.46. The second-order valence-corrected chi connectivity index (χ2v) is 11.9. The average molecular weight is 260 g/mol. The van der Waals surface area contributed by atoms with Gasteiger partial charge in [-0.25, -0.2) is 0 Å². The van der Waals surface area contributed by atoms with Crippen molar-refractivity contribution in [3.05, 3.63) is 47.5 Å². The van der Waals surface area contributed by atoms with Crippen LogP contribution in [0.3, 0.4) is 0 Å². The molecule has 0 aliphatic carbocycles. The van der Waals surface area contributed by atoms with E-state index in [4.69, 9.17) is 0 Å². The summed E-state index contributed by atoms with van der Waals surface area (Å²) < 4.78 is 0. The van der Waals surface area contributed by atoms with Gasteiger partial charge in [0, 0.05) is 8.07 Å². The van der Waals surface area contributed by atoms with Gasteiger partial charge in [0.05, 0.1) is 0 Å². The van der Waals surface area contributed by atoms with Crippen molar-refractivity contribution in [2.75, 3.05) is 0 Å². The summed E-state index contributed by atoms with van der Waals surface area (Å²) >= 11 is 0. The highest BCUT2D eigenvalue weighted by atomic mass is 28.3. The van der Waals surface area contributed by atoms with Gasteiger partial charge < -0.3 is 0 Å². The van der Waals surface area contributed by atoms with Crippen molar-refractivity contribution in [3.8, 4) is 0 Å². The van der Waals surface area contributed by atoms with Gasteiger partial charge in [0.1, 0.15) is 0 Å². The highest BCUT2D eigenvalue weighted by Gasteiger charge is 2.18. The summed E-state index contributed by atoms with van der Waals surface area (Å²) in [7, 11) is -0.990. The molecule has 1 rings (SSSR count). The minimum Gasteiger partial charge on any atom is -0.0887 e. The van der Waals surface area contributed by atoms with E-state index in [1.165, 1.54) is 24.4 Å². The molecule has 0 bridgehead atoms. The van der Waals surface area contributed by atoms with E-state index in [1.54, 1.807) is 5.57 Å². The van der Waals surface area contributed by atoms with Gasteiger partial charge in [0.15, 0.2) is 0 Å². The molecule has 0 N–H and O–H groups in total. The molecule has 0 fully saturated rings. The molecule has 0 saturated carbocycles. The van der Waals surface area contributed by atoms with Gasteiger partial charge in [-0.15, -0.1) is 0 Å². The molecule has 1 atom stereocenters. The largest absolute Gasteiger partial charge is 0.0887 e. The van der Waals surface area contributed by atoms with Crippen LogP contribution in [-0.2, 0) is 0 Å². The van der Waals surface area contributed by atoms with Gasteiger partial charge >= 0.3 is 0 Å². The first-order valence-corrected chi connectivity index (χ1v) is 10.9. The van der Waals surface area contributed by atoms with E-state index in [2.05, 4.69) is 69.9 Å². The third kappa shape index (κ3) is 5.22. The van der Waals surface area contributed by atoms with Crippen LogP contribution in [0.25, 0.3) is 0 Å². The molecule has 0 heterocycles. The summed E-state index contributed by atoms with van der Waals surface area (Å²) in [4.78, 5) is 0. The summed E-state index contributed by atoms with van der Waals surface area (Å²) in [5.41, 5.74) is 3.15. The molecule has 1 heteroatoms. The number of benzene rings is 1. The highest BCUT2D eigenvalue weighted by molar-refractivity contribution is 6.76. The molecule has 0 aromatic heterocycles. The number of allylic oxidation sites excluding steroid dienone is 2. The Morgan fingerprint density at radius 1 is 1.17 bits per heavy atom. The van der Waals surface area contributed by atoms with E-state index in [0.717, 1.165) is 0 Å². The van der Waals surface area contributed by atoms with Crippen molar-refractivity contribution in [2.45, 2.75) is 58.3 Å². The Balaban J connectivity index is 2.74. The molecule has 0 amide bonds. The molecule has 0 nitrogen and oxygen atoms in total. The van der Waals surface area contributed by atoms with Crippen LogP contribution in [0.4, 0.5) is 0 Å². The van der Waals surface area contributed by atoms with Crippen LogP contribution < -0.4 is 0 Å². The van der Waals surface area contributed by atoms with E-state index in [-0.39, 0.29) is 0 Å². The first-order valence-electron chi connectivity index (χ1n) is 7.15. The van der Waals surface area contributed by atoms with Crippen LogP contribution in [0.5, 0.6) is 0 Å². The summed E-state index contributed by atoms with van der Waals surface area (Å²) in [5.74, 6) is 0.689. The molecule has 0 aliphatic rings. The third-order valence-corrected chi connectivity index (χ3v) is 4.95. The second-order valence-electron chi connectivity index (χ2n) is 6.40. The Hall–Kier alpha value is -0.823. The van der Waals surface area contributed by atoms with Crippen molar-refractivity contribution in [3.63, 3.8) is 0 Å². The maximum Gasteiger partial charge on any atom is 0.0483 e. The van der Waals surface area contributed by atoms with Crippen LogP contribution in [0.2, 0.25) is 25.7 Å². The third-order valence-electron chi connectivity index (χ3n) is 3.44. The topological polar surface area (TPSA) is 0 Å². The Labute approximate surface area is 114 Å². The highest BCUT2D eigenvalue weighted by Crippen LogP contribution is 2.30. The molecule has 0 spiro atoms. The van der Waals surface area contributed by atoms with Gasteiger partial charge in [-0.1, -0.05) is 68.5 Å². The number of rotatable bonds is 6. The number of hydrogen-bond acceptors (Lipinski definition) is 0. The second kappa shape index (κ2) is 6.94. The van der Waals surface area contributed by atoms with Crippen molar-refractivity contribution >= 4 is 8.07 Å². The van der Waals surface area contributed by atoms with Crippen LogP contribution >= 0.6 is 0 Å². The van der Waals surface area contributed by atoms with Crippen LogP contribution in [-0.4, -0.2) is 8.07 Å². The van der Waals surface area contributed by atoms with E-state index < -0.39 is 8.07 Å². The summed E-state index contributed by atoms with van der Waals surface area (Å²) in [6.45, 7) is 11.9. The number of hydrogen-bond donors (Lipinski definition) is 0. The fourth-order valence-corrected chi connectivity index (χ4v) is 4.22. The summed E-state index contributed by atoms with van der Waals surface area (Å²) in [6.07, 6.45) is 4.82. The van der Waals surface area contributed by atoms with Crippen molar-refractivity contribution < 1.29 is 0 Å². The monoisotopic (exact) mass is 260 g/mol. The van der Waals surface area contributed by atoms with Crippen molar-refractivity contribution in [1.29, 1.82) is 0 Å². The SMILES string of the molecule is C/C=C(/CC(CC)c1ccccc1)C[Si](C)(C)C. The van der Waals surface area contributed by atoms with Gasteiger partial charge in [0.25, 0.3) is 0 Å². The molecule has 0 saturated heterocycles. The lowest BCUT2D eigenvalue weighted by molar-refractivity contribution is 0.654. The van der Waals surface area contributed by atoms with Gasteiger partial charge in [-0.2, -0.15) is 0 Å². The van der Waals surface area contributed by atoms with Gasteiger partial charge in [-0.05, 0) is 37.3 Å². The minimum atomic E-state index is -0.990. The van der Waals surface area contributed by atoms with Crippen LogP contribution in [0.15, 0.2) is 42.0 Å². The van der Waals surface area contributed by atoms with Gasteiger partial charge in [-0.3, -0.25) is 0 Å². The summed E-state index contributed by atoms with van der Waals surface area (Å²) in [6, 6.07) is 12.3. The maximum absolute atomic E-state index is 2.46. The minimum absolute atomic E-state index is 0.689. The first kappa shape index (κ1) is 15.2. The fraction of sp³-hybridized carbons (Fsp3) is 0.529. The molecular formula is C17H28Si. The van der Waals surface area contributed by atoms with E-state index in [0.29, 0.717) is 5.92 Å². The quantitative estimate of drug-likeness (QED) is 0.444. The molecule has 1 aromatic carbocycles. The zero-order valence-electron chi connectivity index (χ0n) is 12.7. The molecule has 18 heavy (non-hydrogen) atoms. The lowest BCUT2D eigenvalue weighted by Crippen LogP contribution is -2.20. The molecule has 1 aromatic rings. The van der Waals surface area contributed by atoms with Crippen LogP contribution in [0.1, 0.15) is 38.2 Å². The Bertz CT molecular complexity index is 370. The molecular weight excluding hydrogens is 232 g/mol. The van der Waals surface area contributed by atoms with Gasteiger partial charge in [0.2, 0.25) is 0 Å². The normalized spacial score (nSPS) is 14.6. The fourth-order valence-electron chi connectivity index (χ4n) is 2.51. The van der Waals surface area contributed by atoms with E-state index >= 15 is 0 Å². The Kier molecular flexibility index (Phi) is 5.87. The molecule has 0 aliphatic heterocycles. The summed E-state index contributed by atoms with van der Waals surface area (Å²) in [5, 5.41) is 0. The lowest BCUT2D eigenvalue weighted by atomic mass is 9.90. The smallest absolute Gasteiger partial charge is 0.0483 e. The standard InChI is InChI=1S/C17H28Si/c1-6-15(14-18(3,4)5)13-16(7-2)17-11-9-8-10-12-17/h6,8-12,16H,7,13-14H2,1-5H3/b15-6-. The van der Waals surface area contributed by atoms with E-state index in [9.17, 15) is 0 Å². The average Bonchev–Trinajstić information content (AvgIpc) is 2.34. The predicted molar refractivity (Wildman–Crippen MR) is 86.0 cm³/mol.